The van der Waals surface area contributed by atoms with Gasteiger partial charge in [-0.05, 0) is 37.5 Å². The summed E-state index contributed by atoms with van der Waals surface area (Å²) in [5.74, 6) is 0. The van der Waals surface area contributed by atoms with Crippen LogP contribution in [0.15, 0.2) is 18.2 Å². The predicted octanol–water partition coefficient (Wildman–Crippen LogP) is -6.39. The van der Waals surface area contributed by atoms with Gasteiger partial charge in [0, 0.05) is 19.8 Å². The van der Waals surface area contributed by atoms with Gasteiger partial charge in [0.15, 0.2) is 0 Å². The van der Waals surface area contributed by atoms with Crippen LogP contribution in [0.5, 0.6) is 0 Å². The smallest absolute Gasteiger partial charge is 0.807 e. The molecule has 0 radical (unpaired) electrons. The molecule has 0 atom stereocenters. The minimum Gasteiger partial charge on any atom is -0.807 e. The molecule has 0 saturated carbocycles. The first-order valence-electron chi connectivity index (χ1n) is 4.13. The average Bonchev–Trinajstić information content (AvgIpc) is 2.01. The largest absolute Gasteiger partial charge is 1.00 e. The molecule has 1 aromatic carbocycles. The number of hydrogen-bond donors (Lipinski definition) is 0. The van der Waals surface area contributed by atoms with E-state index in [2.05, 4.69) is 0 Å². The topological polar surface area (TPSA) is 66.4 Å². The Morgan fingerprint density at radius 1 is 1.19 bits per heavy atom. The number of aryl methyl sites for hydroxylation is 1. The van der Waals surface area contributed by atoms with Gasteiger partial charge in [0.2, 0.25) is 0 Å². The second kappa shape index (κ2) is 7.57. The fraction of sp³-hybridized carbons (Fsp3) is 0.333. The minimum absolute atomic E-state index is 0. The summed E-state index contributed by atoms with van der Waals surface area (Å²) in [6, 6.07) is 4.65. The van der Waals surface area contributed by atoms with E-state index in [-0.39, 0.29) is 64.4 Å². The molecule has 0 spiro atoms. The fourth-order valence-electron chi connectivity index (χ4n) is 1.23. The normalized spacial score (nSPS) is 10.1. The van der Waals surface area contributed by atoms with E-state index >= 15 is 0 Å². The summed E-state index contributed by atoms with van der Waals surface area (Å²) in [5, 5.41) is -0.122. The summed E-state index contributed by atoms with van der Waals surface area (Å²) in [6.45, 7) is 1.62. The Labute approximate surface area is 140 Å². The van der Waals surface area contributed by atoms with Gasteiger partial charge in [-0.15, -0.1) is 0 Å². The summed E-state index contributed by atoms with van der Waals surface area (Å²) in [4.78, 5) is 23.4. The Morgan fingerprint density at radius 3 is 2.00 bits per heavy atom. The second-order valence-electron chi connectivity index (χ2n) is 3.36. The fourth-order valence-corrected chi connectivity index (χ4v) is 1.98. The van der Waals surface area contributed by atoms with Crippen molar-refractivity contribution in [2.45, 2.75) is 6.92 Å². The molecule has 0 N–H and O–H groups in total. The summed E-state index contributed by atoms with van der Waals surface area (Å²) < 4.78 is 10.8. The van der Waals surface area contributed by atoms with E-state index in [0.717, 1.165) is 5.69 Å². The number of hydrogen-bond acceptors (Lipinski definition) is 4. The SMILES string of the molecule is Cc1cc(N(C)C)ccc1P(=O)([O-])[O-].[Na+].[Na+]. The van der Waals surface area contributed by atoms with Crippen molar-refractivity contribution in [3.8, 4) is 0 Å². The van der Waals surface area contributed by atoms with Gasteiger partial charge in [-0.1, -0.05) is 6.07 Å². The van der Waals surface area contributed by atoms with Crippen LogP contribution in [0.3, 0.4) is 0 Å². The monoisotopic (exact) mass is 259 g/mol. The number of benzene rings is 1. The van der Waals surface area contributed by atoms with Crippen LogP contribution in [0, 0.1) is 6.92 Å². The van der Waals surface area contributed by atoms with Gasteiger partial charge < -0.3 is 19.3 Å². The van der Waals surface area contributed by atoms with Gasteiger partial charge in [-0.25, -0.2) is 0 Å². The zero-order valence-electron chi connectivity index (χ0n) is 10.4. The van der Waals surface area contributed by atoms with E-state index < -0.39 is 7.60 Å². The van der Waals surface area contributed by atoms with Crippen LogP contribution >= 0.6 is 7.60 Å². The first-order chi connectivity index (χ1) is 6.32. The minimum atomic E-state index is -4.62. The first kappa shape index (κ1) is 19.5. The van der Waals surface area contributed by atoms with E-state index in [1.807, 2.05) is 19.0 Å². The molecule has 0 aromatic heterocycles. The van der Waals surface area contributed by atoms with Crippen molar-refractivity contribution in [2.24, 2.45) is 0 Å². The molecule has 16 heavy (non-hydrogen) atoms. The molecule has 0 saturated heterocycles. The van der Waals surface area contributed by atoms with E-state index in [0.29, 0.717) is 5.56 Å². The molecule has 1 aromatic rings. The zero-order valence-corrected chi connectivity index (χ0v) is 15.2. The molecule has 0 unspecified atom stereocenters. The summed E-state index contributed by atoms with van der Waals surface area (Å²) in [7, 11) is -0.925. The molecule has 0 bridgehead atoms. The summed E-state index contributed by atoms with van der Waals surface area (Å²) >= 11 is 0. The van der Waals surface area contributed by atoms with Crippen LogP contribution in [0.2, 0.25) is 0 Å². The zero-order chi connectivity index (χ0) is 10.9. The maximum Gasteiger partial charge on any atom is 1.00 e. The Morgan fingerprint density at radius 2 is 1.69 bits per heavy atom. The van der Waals surface area contributed by atoms with Gasteiger partial charge in [0.05, 0.1) is 0 Å². The van der Waals surface area contributed by atoms with E-state index in [1.54, 1.807) is 19.1 Å². The van der Waals surface area contributed by atoms with Crippen LogP contribution in [0.1, 0.15) is 5.56 Å². The molecule has 78 valence electrons. The number of rotatable bonds is 2. The predicted molar refractivity (Wildman–Crippen MR) is 52.7 cm³/mol. The van der Waals surface area contributed by atoms with Crippen molar-refractivity contribution in [3.63, 3.8) is 0 Å². The van der Waals surface area contributed by atoms with Crippen LogP contribution in [0.4, 0.5) is 5.69 Å². The van der Waals surface area contributed by atoms with E-state index in [1.165, 1.54) is 6.07 Å². The molecule has 0 aliphatic heterocycles. The molecular formula is C9H12NNa2O3P. The third-order valence-electron chi connectivity index (χ3n) is 1.99. The van der Waals surface area contributed by atoms with Crippen LogP contribution in [-0.4, -0.2) is 14.1 Å². The summed E-state index contributed by atoms with van der Waals surface area (Å²) in [5.41, 5.74) is 1.37. The maximum absolute atomic E-state index is 10.8. The average molecular weight is 259 g/mol. The molecule has 7 heteroatoms. The Balaban J connectivity index is 0. The van der Waals surface area contributed by atoms with Gasteiger partial charge in [-0.2, -0.15) is 0 Å². The van der Waals surface area contributed by atoms with Crippen LogP contribution in [-0.2, 0) is 4.57 Å². The molecular weight excluding hydrogens is 247 g/mol. The molecule has 1 rings (SSSR count). The van der Waals surface area contributed by atoms with Gasteiger partial charge in [-0.3, -0.25) is 0 Å². The van der Waals surface area contributed by atoms with Crippen molar-refractivity contribution >= 4 is 18.6 Å². The Hall–Kier alpha value is 1.17. The van der Waals surface area contributed by atoms with E-state index in [4.69, 9.17) is 0 Å². The maximum atomic E-state index is 10.8. The van der Waals surface area contributed by atoms with Gasteiger partial charge in [0.25, 0.3) is 0 Å². The third-order valence-corrected chi connectivity index (χ3v) is 3.08. The Kier molecular flexibility index (Phi) is 9.23. The Bertz CT molecular complexity index is 392. The van der Waals surface area contributed by atoms with Gasteiger partial charge >= 0.3 is 59.1 Å². The van der Waals surface area contributed by atoms with Crippen molar-refractivity contribution < 1.29 is 73.5 Å². The first-order valence-corrected chi connectivity index (χ1v) is 5.67. The van der Waals surface area contributed by atoms with Crippen LogP contribution in [0.25, 0.3) is 0 Å². The van der Waals surface area contributed by atoms with Crippen molar-refractivity contribution in [1.82, 2.24) is 0 Å². The van der Waals surface area contributed by atoms with Gasteiger partial charge in [0.1, 0.15) is 0 Å². The molecule has 4 nitrogen and oxygen atoms in total. The van der Waals surface area contributed by atoms with E-state index in [9.17, 15) is 14.4 Å². The molecule has 0 aliphatic rings. The number of nitrogens with zero attached hydrogens (tertiary/aromatic N) is 1. The molecule has 0 heterocycles. The standard InChI is InChI=1S/C9H14NO3P.2Na/c1-7-6-8(10(2)3)4-5-9(7)14(11,12)13;;/h4-6H,1-3H3,(H2,11,12,13);;/q;2*+1/p-2. The molecule has 0 aliphatic carbocycles. The van der Waals surface area contributed by atoms with Crippen molar-refractivity contribution in [3.05, 3.63) is 23.8 Å². The van der Waals surface area contributed by atoms with Crippen LogP contribution < -0.4 is 79.1 Å². The molecule has 0 amide bonds. The second-order valence-corrected chi connectivity index (χ2v) is 4.84. The summed E-state index contributed by atoms with van der Waals surface area (Å²) in [6.07, 6.45) is 0. The molecule has 0 fully saturated rings. The number of anilines is 1. The van der Waals surface area contributed by atoms with Crippen molar-refractivity contribution in [1.29, 1.82) is 0 Å². The third kappa shape index (κ3) is 5.21. The van der Waals surface area contributed by atoms with Crippen molar-refractivity contribution in [2.75, 3.05) is 19.0 Å². The quantitative estimate of drug-likeness (QED) is 0.391.